The van der Waals surface area contributed by atoms with Crippen LogP contribution in [0.25, 0.3) is 17.1 Å². The highest BCUT2D eigenvalue weighted by molar-refractivity contribution is 8.15. The van der Waals surface area contributed by atoms with Crippen molar-refractivity contribution >= 4 is 40.2 Å². The molecule has 5 rings (SSSR count). The van der Waals surface area contributed by atoms with Gasteiger partial charge in [-0.3, -0.25) is 9.69 Å². The lowest BCUT2D eigenvalue weighted by Crippen LogP contribution is -2.31. The zero-order chi connectivity index (χ0) is 28.4. The number of hydrogen-bond acceptors (Lipinski definition) is 6. The number of rotatable bonds is 5. The van der Waals surface area contributed by atoms with Gasteiger partial charge in [0.1, 0.15) is 12.1 Å². The first-order chi connectivity index (χ1) is 19.1. The second-order valence-electron chi connectivity index (χ2n) is 8.71. The lowest BCUT2D eigenvalue weighted by atomic mass is 10.1. The van der Waals surface area contributed by atoms with Gasteiger partial charge in [-0.2, -0.15) is 4.99 Å². The zero-order valence-electron chi connectivity index (χ0n) is 21.1. The molecule has 0 unspecified atom stereocenters. The fourth-order valence-electron chi connectivity index (χ4n) is 4.08. The molecule has 3 aromatic carbocycles. The number of thioether (sulfide) groups is 1. The number of para-hydroxylation sites is 1. The second kappa shape index (κ2) is 10.8. The number of benzene rings is 3. The predicted octanol–water partition coefficient (Wildman–Crippen LogP) is 6.12. The van der Waals surface area contributed by atoms with Gasteiger partial charge in [0, 0.05) is 11.3 Å². The minimum atomic E-state index is -4.77. The van der Waals surface area contributed by atoms with Crippen LogP contribution in [0.3, 0.4) is 0 Å². The fourth-order valence-corrected chi connectivity index (χ4v) is 4.94. The number of ether oxygens (including phenoxy) is 1. The molecule has 0 bridgehead atoms. The summed E-state index contributed by atoms with van der Waals surface area (Å²) in [5.41, 5.74) is 4.16. The van der Waals surface area contributed by atoms with Crippen molar-refractivity contribution in [2.24, 2.45) is 4.99 Å². The first kappa shape index (κ1) is 26.9. The predicted molar refractivity (Wildman–Crippen MR) is 146 cm³/mol. The van der Waals surface area contributed by atoms with Gasteiger partial charge in [-0.15, -0.1) is 18.3 Å². The van der Waals surface area contributed by atoms with Gasteiger partial charge in [-0.25, -0.2) is 14.5 Å². The molecule has 0 aliphatic carbocycles. The molecule has 2 heterocycles. The van der Waals surface area contributed by atoms with Crippen LogP contribution in [0.1, 0.15) is 11.1 Å². The number of aromatic nitrogens is 3. The number of aliphatic imine (C=N–C) groups is 1. The lowest BCUT2D eigenvalue weighted by Gasteiger charge is -2.20. The van der Waals surface area contributed by atoms with Crippen LogP contribution in [-0.4, -0.2) is 44.0 Å². The van der Waals surface area contributed by atoms with Gasteiger partial charge in [0.2, 0.25) is 5.91 Å². The molecule has 1 aliphatic rings. The number of amidine groups is 1. The van der Waals surface area contributed by atoms with Crippen molar-refractivity contribution in [2.75, 3.05) is 16.0 Å². The quantitative estimate of drug-likeness (QED) is 0.313. The van der Waals surface area contributed by atoms with Gasteiger partial charge in [-0.1, -0.05) is 30.0 Å². The molecule has 0 atom stereocenters. The Kier molecular flexibility index (Phi) is 7.30. The largest absolute Gasteiger partial charge is 0.573 e. The van der Waals surface area contributed by atoms with E-state index in [-0.39, 0.29) is 17.4 Å². The van der Waals surface area contributed by atoms with Gasteiger partial charge in [0.05, 0.1) is 17.1 Å². The molecule has 3 amide bonds. The highest BCUT2D eigenvalue weighted by Gasteiger charge is 2.32. The van der Waals surface area contributed by atoms with Crippen LogP contribution in [0.4, 0.5) is 29.3 Å². The molecule has 9 nitrogen and oxygen atoms in total. The summed E-state index contributed by atoms with van der Waals surface area (Å²) in [6.07, 6.45) is -3.33. The Morgan fingerprint density at radius 1 is 1.02 bits per heavy atom. The number of anilines is 2. The van der Waals surface area contributed by atoms with Gasteiger partial charge < -0.3 is 10.1 Å². The number of carbonyl (C=O) groups excluding carboxylic acids is 2. The molecule has 1 saturated heterocycles. The molecule has 1 aliphatic heterocycles. The van der Waals surface area contributed by atoms with Gasteiger partial charge in [0.25, 0.3) is 0 Å². The maximum atomic E-state index is 12.7. The molecule has 4 aromatic rings. The van der Waals surface area contributed by atoms with Gasteiger partial charge in [-0.05, 0) is 73.5 Å². The third-order valence-electron chi connectivity index (χ3n) is 5.85. The monoisotopic (exact) mass is 566 g/mol. The van der Waals surface area contributed by atoms with Crippen LogP contribution in [0.5, 0.6) is 5.75 Å². The standard InChI is InChI=1S/C27H21F3N6O3S/c1-16-4-3-5-17(2)23(16)36-22(37)14-40-26(36)33-25(38)32-19-8-6-18(7-9-19)24-31-15-35(34-24)20-10-12-21(13-11-20)39-27(28,29)30/h3-13,15H,14H2,1-2H3,(H,32,38). The Labute approximate surface area is 230 Å². The van der Waals surface area contributed by atoms with E-state index in [0.717, 1.165) is 16.8 Å². The number of aryl methyl sites for hydroxylation is 2. The van der Waals surface area contributed by atoms with E-state index in [1.54, 1.807) is 24.3 Å². The third kappa shape index (κ3) is 5.99. The van der Waals surface area contributed by atoms with E-state index in [0.29, 0.717) is 27.9 Å². The van der Waals surface area contributed by atoms with E-state index in [2.05, 4.69) is 25.1 Å². The maximum Gasteiger partial charge on any atom is 0.573 e. The van der Waals surface area contributed by atoms with Crippen LogP contribution < -0.4 is 15.0 Å². The van der Waals surface area contributed by atoms with Crippen molar-refractivity contribution in [1.82, 2.24) is 14.8 Å². The molecule has 0 saturated carbocycles. The first-order valence-corrected chi connectivity index (χ1v) is 12.9. The van der Waals surface area contributed by atoms with Gasteiger partial charge >= 0.3 is 12.4 Å². The molecule has 0 spiro atoms. The number of urea groups is 1. The Hall–Kier alpha value is -4.65. The summed E-state index contributed by atoms with van der Waals surface area (Å²) in [5.74, 6) is 0.0878. The number of halogens is 3. The Balaban J connectivity index is 1.26. The SMILES string of the molecule is Cc1cccc(C)c1N1C(=O)CSC1=NC(=O)Nc1ccc(-c2ncn(-c3ccc(OC(F)(F)F)cc3)n2)cc1. The van der Waals surface area contributed by atoms with Crippen LogP contribution >= 0.6 is 11.8 Å². The summed E-state index contributed by atoms with van der Waals surface area (Å²) >= 11 is 1.20. The molecular formula is C27H21F3N6O3S. The van der Waals surface area contributed by atoms with E-state index >= 15 is 0 Å². The van der Waals surface area contributed by atoms with Crippen molar-refractivity contribution in [3.63, 3.8) is 0 Å². The number of nitrogens with zero attached hydrogens (tertiary/aromatic N) is 5. The highest BCUT2D eigenvalue weighted by atomic mass is 32.2. The molecule has 1 N–H and O–H groups in total. The second-order valence-corrected chi connectivity index (χ2v) is 9.66. The van der Waals surface area contributed by atoms with Crippen molar-refractivity contribution in [3.05, 3.63) is 84.2 Å². The summed E-state index contributed by atoms with van der Waals surface area (Å²) in [6, 6.07) is 17.1. The van der Waals surface area contributed by atoms with Crippen molar-refractivity contribution < 1.29 is 27.5 Å². The molecular weight excluding hydrogens is 545 g/mol. The van der Waals surface area contributed by atoms with E-state index in [1.807, 2.05) is 32.0 Å². The number of carbonyl (C=O) groups is 2. The molecule has 1 fully saturated rings. The number of amides is 3. The minimum absolute atomic E-state index is 0.143. The summed E-state index contributed by atoms with van der Waals surface area (Å²) < 4.78 is 42.4. The molecule has 1 aromatic heterocycles. The molecule has 13 heteroatoms. The summed E-state index contributed by atoms with van der Waals surface area (Å²) in [6.45, 7) is 3.80. The summed E-state index contributed by atoms with van der Waals surface area (Å²) in [7, 11) is 0. The van der Waals surface area contributed by atoms with Crippen molar-refractivity contribution in [3.8, 4) is 22.8 Å². The van der Waals surface area contributed by atoms with Crippen molar-refractivity contribution in [1.29, 1.82) is 0 Å². The highest BCUT2D eigenvalue weighted by Crippen LogP contribution is 2.32. The van der Waals surface area contributed by atoms with E-state index in [4.69, 9.17) is 0 Å². The maximum absolute atomic E-state index is 12.7. The third-order valence-corrected chi connectivity index (χ3v) is 6.77. The lowest BCUT2D eigenvalue weighted by molar-refractivity contribution is -0.274. The first-order valence-electron chi connectivity index (χ1n) is 11.9. The van der Waals surface area contributed by atoms with Crippen LogP contribution in [-0.2, 0) is 4.79 Å². The fraction of sp³-hybridized carbons (Fsp3) is 0.148. The Bertz CT molecular complexity index is 1580. The van der Waals surface area contributed by atoms with Crippen molar-refractivity contribution in [2.45, 2.75) is 20.2 Å². The topological polar surface area (TPSA) is 102 Å². The average Bonchev–Trinajstić information content (AvgIpc) is 3.52. The van der Waals surface area contributed by atoms with E-state index < -0.39 is 12.4 Å². The molecule has 40 heavy (non-hydrogen) atoms. The van der Waals surface area contributed by atoms with Crippen LogP contribution in [0.2, 0.25) is 0 Å². The van der Waals surface area contributed by atoms with Crippen LogP contribution in [0.15, 0.2) is 78.0 Å². The average molecular weight is 567 g/mol. The minimum Gasteiger partial charge on any atom is -0.406 e. The summed E-state index contributed by atoms with van der Waals surface area (Å²) in [5, 5.41) is 7.38. The Morgan fingerprint density at radius 2 is 1.70 bits per heavy atom. The van der Waals surface area contributed by atoms with Crippen LogP contribution in [0, 0.1) is 13.8 Å². The normalized spacial score (nSPS) is 14.6. The van der Waals surface area contributed by atoms with E-state index in [9.17, 15) is 22.8 Å². The zero-order valence-corrected chi connectivity index (χ0v) is 22.0. The summed E-state index contributed by atoms with van der Waals surface area (Å²) in [4.78, 5) is 35.2. The Morgan fingerprint density at radius 3 is 2.35 bits per heavy atom. The van der Waals surface area contributed by atoms with Gasteiger partial charge in [0.15, 0.2) is 11.0 Å². The number of hydrogen-bond donors (Lipinski definition) is 1. The molecule has 204 valence electrons. The smallest absolute Gasteiger partial charge is 0.406 e. The number of alkyl halides is 3. The number of nitrogens with one attached hydrogen (secondary N) is 1. The molecule has 0 radical (unpaired) electrons. The van der Waals surface area contributed by atoms with E-state index in [1.165, 1.54) is 51.9 Å².